The first kappa shape index (κ1) is 10.4. The second-order valence-corrected chi connectivity index (χ2v) is 5.44. The minimum Gasteiger partial charge on any atom is -0.343 e. The van der Waals surface area contributed by atoms with Crippen molar-refractivity contribution in [2.75, 3.05) is 12.4 Å². The van der Waals surface area contributed by atoms with Crippen molar-refractivity contribution in [3.05, 3.63) is 40.8 Å². The van der Waals surface area contributed by atoms with Crippen LogP contribution in [0.25, 0.3) is 0 Å². The summed E-state index contributed by atoms with van der Waals surface area (Å²) in [6.45, 7) is 2.10. The van der Waals surface area contributed by atoms with Gasteiger partial charge in [-0.3, -0.25) is 5.73 Å². The van der Waals surface area contributed by atoms with Crippen LogP contribution in [0.3, 0.4) is 0 Å². The van der Waals surface area contributed by atoms with E-state index in [1.54, 1.807) is 11.3 Å². The van der Waals surface area contributed by atoms with Crippen LogP contribution in [0.4, 0.5) is 16.4 Å². The van der Waals surface area contributed by atoms with Crippen molar-refractivity contribution in [2.24, 2.45) is 5.73 Å². The van der Waals surface area contributed by atoms with Crippen molar-refractivity contribution in [3.63, 3.8) is 0 Å². The van der Waals surface area contributed by atoms with Crippen molar-refractivity contribution >= 4 is 33.5 Å². The van der Waals surface area contributed by atoms with Gasteiger partial charge >= 0.3 is 0 Å². The molecule has 0 spiro atoms. The molecule has 0 atom stereocenters. The van der Waals surface area contributed by atoms with E-state index in [2.05, 4.69) is 30.4 Å². The molecule has 0 radical (unpaired) electrons. The number of rotatable bonds is 0. The molecular weight excluding hydrogens is 230 g/mol. The molecule has 3 N–H and O–H groups in total. The van der Waals surface area contributed by atoms with Crippen molar-refractivity contribution in [1.82, 2.24) is 0 Å². The van der Waals surface area contributed by atoms with Gasteiger partial charge in [0.25, 0.3) is 5.84 Å². The minimum absolute atomic E-state index is 0.793. The lowest BCUT2D eigenvalue weighted by molar-refractivity contribution is -0.404. The van der Waals surface area contributed by atoms with Gasteiger partial charge in [-0.15, -0.1) is 11.3 Å². The Morgan fingerprint density at radius 3 is 2.88 bits per heavy atom. The van der Waals surface area contributed by atoms with Crippen molar-refractivity contribution < 1.29 is 4.58 Å². The standard InChI is InChI=1S/C13H13N3S/c1-8-7-9-12(14)16(2)11-6-4-3-5-10(11)15-13(9)17-8/h3-7H,1-2H3,(H2,14,15)/p+1. The van der Waals surface area contributed by atoms with Crippen LogP contribution in [0.2, 0.25) is 0 Å². The number of thiophene rings is 1. The summed E-state index contributed by atoms with van der Waals surface area (Å²) in [6.07, 6.45) is 0. The predicted molar refractivity (Wildman–Crippen MR) is 72.9 cm³/mol. The fourth-order valence-electron chi connectivity index (χ4n) is 2.10. The molecule has 0 saturated heterocycles. The largest absolute Gasteiger partial charge is 0.343 e. The number of nitrogens with two attached hydrogens (primary N) is 1. The third kappa shape index (κ3) is 1.52. The van der Waals surface area contributed by atoms with Crippen LogP contribution in [-0.2, 0) is 0 Å². The summed E-state index contributed by atoms with van der Waals surface area (Å²) in [5.74, 6) is 0.793. The third-order valence-electron chi connectivity index (χ3n) is 3.01. The molecule has 3 rings (SSSR count). The lowest BCUT2D eigenvalue weighted by Gasteiger charge is -2.06. The van der Waals surface area contributed by atoms with Crippen LogP contribution in [0.15, 0.2) is 30.3 Å². The van der Waals surface area contributed by atoms with Crippen LogP contribution in [0.1, 0.15) is 10.4 Å². The van der Waals surface area contributed by atoms with Gasteiger partial charge in [0, 0.05) is 4.88 Å². The zero-order valence-corrected chi connectivity index (χ0v) is 10.6. The lowest BCUT2D eigenvalue weighted by atomic mass is 10.2. The van der Waals surface area contributed by atoms with E-state index in [9.17, 15) is 0 Å². The Bertz CT molecular complexity index is 625. The molecule has 1 aromatic heterocycles. The van der Waals surface area contributed by atoms with Crippen molar-refractivity contribution in [3.8, 4) is 0 Å². The average molecular weight is 244 g/mol. The molecule has 0 bridgehead atoms. The number of hydrogen-bond acceptors (Lipinski definition) is 3. The van der Waals surface area contributed by atoms with E-state index in [-0.39, 0.29) is 0 Å². The normalized spacial score (nSPS) is 13.8. The molecule has 1 aliphatic rings. The highest BCUT2D eigenvalue weighted by atomic mass is 32.1. The van der Waals surface area contributed by atoms with E-state index in [1.165, 1.54) is 4.88 Å². The molecule has 1 aliphatic heterocycles. The molecule has 2 aromatic rings. The molecule has 86 valence electrons. The van der Waals surface area contributed by atoms with Gasteiger partial charge in [-0.05, 0) is 25.1 Å². The van der Waals surface area contributed by atoms with Gasteiger partial charge in [0.1, 0.15) is 5.00 Å². The summed E-state index contributed by atoms with van der Waals surface area (Å²) in [4.78, 5) is 1.26. The molecule has 0 amide bonds. The molecule has 0 fully saturated rings. The number of nitrogens with one attached hydrogen (secondary N) is 1. The smallest absolute Gasteiger partial charge is 0.283 e. The number of hydrogen-bond donors (Lipinski definition) is 2. The summed E-state index contributed by atoms with van der Waals surface area (Å²) in [6, 6.07) is 10.3. The number of aryl methyl sites for hydroxylation is 1. The number of para-hydroxylation sites is 2. The average Bonchev–Trinajstić information content (AvgIpc) is 2.65. The third-order valence-corrected chi connectivity index (χ3v) is 3.97. The number of benzene rings is 1. The van der Waals surface area contributed by atoms with Gasteiger partial charge in [-0.25, -0.2) is 4.58 Å². The van der Waals surface area contributed by atoms with Gasteiger partial charge < -0.3 is 5.32 Å². The molecule has 17 heavy (non-hydrogen) atoms. The van der Waals surface area contributed by atoms with E-state index in [0.29, 0.717) is 0 Å². The van der Waals surface area contributed by atoms with Crippen LogP contribution in [0, 0.1) is 6.92 Å². The number of fused-ring (bicyclic) bond motifs is 2. The molecule has 2 heterocycles. The first-order valence-corrected chi connectivity index (χ1v) is 6.31. The van der Waals surface area contributed by atoms with Gasteiger partial charge in [-0.2, -0.15) is 0 Å². The number of amidine groups is 1. The highest BCUT2D eigenvalue weighted by Gasteiger charge is 2.23. The monoisotopic (exact) mass is 244 g/mol. The summed E-state index contributed by atoms with van der Waals surface area (Å²) in [7, 11) is 2.00. The SMILES string of the molecule is Cc1cc2c(s1)Nc1ccccc1[N+](C)=C2N. The highest BCUT2D eigenvalue weighted by molar-refractivity contribution is 7.16. The maximum Gasteiger partial charge on any atom is 0.283 e. The van der Waals surface area contributed by atoms with E-state index >= 15 is 0 Å². The zero-order valence-electron chi connectivity index (χ0n) is 9.82. The van der Waals surface area contributed by atoms with Crippen LogP contribution in [0.5, 0.6) is 0 Å². The molecule has 0 saturated carbocycles. The molecule has 0 unspecified atom stereocenters. The molecule has 4 heteroatoms. The Labute approximate surface area is 104 Å². The predicted octanol–water partition coefficient (Wildman–Crippen LogP) is 2.79. The first-order valence-electron chi connectivity index (χ1n) is 5.50. The van der Waals surface area contributed by atoms with E-state index in [0.717, 1.165) is 27.8 Å². The molecule has 1 aromatic carbocycles. The summed E-state index contributed by atoms with van der Waals surface area (Å²) in [5, 5.41) is 4.58. The van der Waals surface area contributed by atoms with Crippen molar-refractivity contribution in [1.29, 1.82) is 0 Å². The van der Waals surface area contributed by atoms with Crippen molar-refractivity contribution in [2.45, 2.75) is 6.92 Å². The Hall–Kier alpha value is -1.81. The fraction of sp³-hybridized carbons (Fsp3) is 0.154. The lowest BCUT2D eigenvalue weighted by Crippen LogP contribution is -2.22. The van der Waals surface area contributed by atoms with E-state index in [1.807, 2.05) is 23.8 Å². The molecular formula is C13H14N3S+. The number of nitrogens with zero attached hydrogens (tertiary/aromatic N) is 1. The Morgan fingerprint density at radius 2 is 2.06 bits per heavy atom. The second kappa shape index (κ2) is 3.60. The maximum absolute atomic E-state index is 6.23. The van der Waals surface area contributed by atoms with Crippen LogP contribution >= 0.6 is 11.3 Å². The van der Waals surface area contributed by atoms with Gasteiger partial charge in [-0.1, -0.05) is 12.1 Å². The van der Waals surface area contributed by atoms with Gasteiger partial charge in [0.05, 0.1) is 18.3 Å². The second-order valence-electron chi connectivity index (χ2n) is 4.19. The highest BCUT2D eigenvalue weighted by Crippen LogP contribution is 2.36. The molecule has 0 aliphatic carbocycles. The topological polar surface area (TPSA) is 41.1 Å². The summed E-state index contributed by atoms with van der Waals surface area (Å²) in [5.41, 5.74) is 9.52. The number of anilines is 2. The van der Waals surface area contributed by atoms with E-state index < -0.39 is 0 Å². The Kier molecular flexibility index (Phi) is 2.19. The van der Waals surface area contributed by atoms with E-state index in [4.69, 9.17) is 5.73 Å². The Balaban J connectivity index is 2.31. The maximum atomic E-state index is 6.23. The minimum atomic E-state index is 0.793. The Morgan fingerprint density at radius 1 is 1.29 bits per heavy atom. The first-order chi connectivity index (χ1) is 8.16. The van der Waals surface area contributed by atoms with Gasteiger partial charge in [0.2, 0.25) is 0 Å². The quantitative estimate of drug-likeness (QED) is 0.700. The van der Waals surface area contributed by atoms with Gasteiger partial charge in [0.15, 0.2) is 5.69 Å². The summed E-state index contributed by atoms with van der Waals surface area (Å²) < 4.78 is 2.03. The zero-order chi connectivity index (χ0) is 12.0. The van der Waals surface area contributed by atoms with Crippen LogP contribution < -0.4 is 11.1 Å². The summed E-state index contributed by atoms with van der Waals surface area (Å²) >= 11 is 1.73. The van der Waals surface area contributed by atoms with Crippen LogP contribution in [-0.4, -0.2) is 17.5 Å². The fourth-order valence-corrected chi connectivity index (χ4v) is 3.04. The molecule has 3 nitrogen and oxygen atoms in total.